The summed E-state index contributed by atoms with van der Waals surface area (Å²) in [4.78, 5) is 10.7. The molecule has 3 rings (SSSR count). The van der Waals surface area contributed by atoms with Gasteiger partial charge in [0.25, 0.3) is 0 Å². The molecule has 18 heavy (non-hydrogen) atoms. The molecule has 1 saturated heterocycles. The topological polar surface area (TPSA) is 46.5 Å². The van der Waals surface area contributed by atoms with Crippen LogP contribution in [0, 0.1) is 0 Å². The Morgan fingerprint density at radius 3 is 2.83 bits per heavy atom. The molecular weight excluding hydrogens is 248 g/mol. The van der Waals surface area contributed by atoms with Crippen LogP contribution in [-0.2, 0) is 14.9 Å². The molecule has 1 aliphatic heterocycles. The van der Waals surface area contributed by atoms with E-state index in [-0.39, 0.29) is 5.41 Å². The number of thiophene rings is 1. The van der Waals surface area contributed by atoms with E-state index in [9.17, 15) is 4.79 Å². The highest BCUT2D eigenvalue weighted by molar-refractivity contribution is 7.17. The molecule has 92 valence electrons. The second-order valence-electron chi connectivity index (χ2n) is 4.47. The predicted octanol–water partition coefficient (Wildman–Crippen LogP) is 2.81. The Labute approximate surface area is 108 Å². The molecule has 1 aromatic carbocycles. The average molecular weight is 260 g/mol. The van der Waals surface area contributed by atoms with Crippen molar-refractivity contribution in [3.8, 4) is 0 Å². The molecule has 1 fully saturated rings. The van der Waals surface area contributed by atoms with E-state index in [1.807, 2.05) is 12.1 Å². The van der Waals surface area contributed by atoms with Crippen molar-refractivity contribution in [1.82, 2.24) is 0 Å². The maximum absolute atomic E-state index is 10.7. The van der Waals surface area contributed by atoms with E-state index in [4.69, 9.17) is 9.84 Å². The van der Waals surface area contributed by atoms with Crippen molar-refractivity contribution in [3.63, 3.8) is 0 Å². The Morgan fingerprint density at radius 2 is 2.17 bits per heavy atom. The normalized spacial score (nSPS) is 18.0. The number of ether oxygens (including phenoxy) is 1. The minimum Gasteiger partial charge on any atom is -0.478 e. The van der Waals surface area contributed by atoms with Crippen LogP contribution in [0.5, 0.6) is 0 Å². The highest BCUT2D eigenvalue weighted by Crippen LogP contribution is 2.40. The van der Waals surface area contributed by atoms with Gasteiger partial charge in [0.05, 0.1) is 18.6 Å². The maximum Gasteiger partial charge on any atom is 0.328 e. The summed E-state index contributed by atoms with van der Waals surface area (Å²) in [5.41, 5.74) is 0.907. The molecule has 2 heterocycles. The molecule has 0 spiro atoms. The largest absolute Gasteiger partial charge is 0.478 e. The Morgan fingerprint density at radius 1 is 1.39 bits per heavy atom. The molecule has 3 nitrogen and oxygen atoms in total. The quantitative estimate of drug-likeness (QED) is 0.863. The first kappa shape index (κ1) is 11.4. The first-order chi connectivity index (χ1) is 8.71. The van der Waals surface area contributed by atoms with E-state index in [1.165, 1.54) is 21.7 Å². The minimum absolute atomic E-state index is 0.266. The van der Waals surface area contributed by atoms with E-state index in [0.717, 1.165) is 0 Å². The van der Waals surface area contributed by atoms with Gasteiger partial charge in [0.15, 0.2) is 0 Å². The van der Waals surface area contributed by atoms with Crippen molar-refractivity contribution >= 4 is 27.4 Å². The first-order valence-electron chi connectivity index (χ1n) is 5.68. The van der Waals surface area contributed by atoms with E-state index in [0.29, 0.717) is 13.2 Å². The van der Waals surface area contributed by atoms with Gasteiger partial charge in [-0.1, -0.05) is 24.3 Å². The van der Waals surface area contributed by atoms with Crippen LogP contribution in [0.3, 0.4) is 0 Å². The fourth-order valence-electron chi connectivity index (χ4n) is 2.26. The summed E-state index contributed by atoms with van der Waals surface area (Å²) in [6, 6.07) is 8.18. The Balaban J connectivity index is 2.09. The van der Waals surface area contributed by atoms with Crippen LogP contribution in [0.2, 0.25) is 0 Å². The van der Waals surface area contributed by atoms with Crippen LogP contribution in [-0.4, -0.2) is 24.3 Å². The van der Waals surface area contributed by atoms with Crippen LogP contribution in [0.15, 0.2) is 41.8 Å². The van der Waals surface area contributed by atoms with Gasteiger partial charge in [-0.05, 0) is 22.4 Å². The lowest BCUT2D eigenvalue weighted by molar-refractivity contribution is -0.131. The highest BCUT2D eigenvalue weighted by atomic mass is 32.1. The predicted molar refractivity (Wildman–Crippen MR) is 71.1 cm³/mol. The van der Waals surface area contributed by atoms with E-state index in [2.05, 4.69) is 17.5 Å². The van der Waals surface area contributed by atoms with Crippen molar-refractivity contribution in [3.05, 3.63) is 47.4 Å². The van der Waals surface area contributed by atoms with Crippen molar-refractivity contribution in [1.29, 1.82) is 0 Å². The number of hydrogen-bond acceptors (Lipinski definition) is 3. The minimum atomic E-state index is -0.916. The standard InChI is InChI=1S/C14H12O3S/c15-13(16)5-6-14(8-17-9-14)11-7-18-12-4-2-1-3-10(11)12/h1-7H,8-9H2,(H,15,16)/b6-5+. The Kier molecular flexibility index (Phi) is 2.69. The molecule has 0 aliphatic carbocycles. The molecular formula is C14H12O3S. The van der Waals surface area contributed by atoms with Gasteiger partial charge in [0.2, 0.25) is 0 Å². The molecule has 2 aromatic rings. The van der Waals surface area contributed by atoms with Gasteiger partial charge in [-0.15, -0.1) is 11.3 Å². The van der Waals surface area contributed by atoms with Crippen molar-refractivity contribution in [2.45, 2.75) is 5.41 Å². The number of rotatable bonds is 3. The number of carboxylic acids is 1. The lowest BCUT2D eigenvalue weighted by Gasteiger charge is -2.39. The van der Waals surface area contributed by atoms with Gasteiger partial charge in [-0.3, -0.25) is 0 Å². The molecule has 0 radical (unpaired) electrons. The summed E-state index contributed by atoms with van der Waals surface area (Å²) in [5, 5.41) is 12.1. The zero-order chi connectivity index (χ0) is 12.6. The van der Waals surface area contributed by atoms with Crippen molar-refractivity contribution in [2.24, 2.45) is 0 Å². The van der Waals surface area contributed by atoms with Crippen LogP contribution in [0.25, 0.3) is 10.1 Å². The molecule has 4 heteroatoms. The number of carboxylic acid groups (broad SMARTS) is 1. The second kappa shape index (κ2) is 4.23. The highest BCUT2D eigenvalue weighted by Gasteiger charge is 2.39. The van der Waals surface area contributed by atoms with Crippen LogP contribution >= 0.6 is 11.3 Å². The molecule has 0 atom stereocenters. The summed E-state index contributed by atoms with van der Waals surface area (Å²) in [5.74, 6) is -0.916. The molecule has 0 bridgehead atoms. The Hall–Kier alpha value is -1.65. The third kappa shape index (κ3) is 1.74. The molecule has 0 amide bonds. The van der Waals surface area contributed by atoms with Gasteiger partial charge >= 0.3 is 5.97 Å². The Bertz CT molecular complexity index is 623. The van der Waals surface area contributed by atoms with Gasteiger partial charge in [-0.25, -0.2) is 4.79 Å². The van der Waals surface area contributed by atoms with Gasteiger partial charge in [0, 0.05) is 10.8 Å². The lowest BCUT2D eigenvalue weighted by Crippen LogP contribution is -2.45. The summed E-state index contributed by atoms with van der Waals surface area (Å²) in [7, 11) is 0. The summed E-state index contributed by atoms with van der Waals surface area (Å²) in [6.45, 7) is 1.11. The zero-order valence-electron chi connectivity index (χ0n) is 9.63. The van der Waals surface area contributed by atoms with E-state index < -0.39 is 5.97 Å². The molecule has 0 unspecified atom stereocenters. The number of fused-ring (bicyclic) bond motifs is 1. The third-order valence-corrected chi connectivity index (χ3v) is 4.25. The van der Waals surface area contributed by atoms with Crippen molar-refractivity contribution < 1.29 is 14.6 Å². The molecule has 1 N–H and O–H groups in total. The van der Waals surface area contributed by atoms with E-state index in [1.54, 1.807) is 17.4 Å². The van der Waals surface area contributed by atoms with Crippen LogP contribution in [0.4, 0.5) is 0 Å². The number of benzene rings is 1. The number of carbonyl (C=O) groups is 1. The summed E-state index contributed by atoms with van der Waals surface area (Å²) < 4.78 is 6.53. The average Bonchev–Trinajstić information content (AvgIpc) is 2.72. The van der Waals surface area contributed by atoms with Gasteiger partial charge in [0.1, 0.15) is 0 Å². The maximum atomic E-state index is 10.7. The zero-order valence-corrected chi connectivity index (χ0v) is 10.4. The van der Waals surface area contributed by atoms with Gasteiger partial charge in [-0.2, -0.15) is 0 Å². The van der Waals surface area contributed by atoms with Gasteiger partial charge < -0.3 is 9.84 Å². The van der Waals surface area contributed by atoms with Crippen LogP contribution in [0.1, 0.15) is 5.56 Å². The smallest absolute Gasteiger partial charge is 0.328 e. The number of hydrogen-bond donors (Lipinski definition) is 1. The fourth-order valence-corrected chi connectivity index (χ4v) is 3.33. The second-order valence-corrected chi connectivity index (χ2v) is 5.38. The molecule has 1 aliphatic rings. The SMILES string of the molecule is O=C(O)/C=C/C1(c2csc3ccccc23)COC1. The lowest BCUT2D eigenvalue weighted by atomic mass is 9.78. The van der Waals surface area contributed by atoms with Crippen molar-refractivity contribution in [2.75, 3.05) is 13.2 Å². The summed E-state index contributed by atoms with van der Waals surface area (Å²) in [6.07, 6.45) is 2.97. The number of aliphatic carboxylic acids is 1. The van der Waals surface area contributed by atoms with E-state index >= 15 is 0 Å². The summed E-state index contributed by atoms with van der Waals surface area (Å²) >= 11 is 1.69. The molecule has 1 aromatic heterocycles. The third-order valence-electron chi connectivity index (χ3n) is 3.28. The molecule has 0 saturated carbocycles. The first-order valence-corrected chi connectivity index (χ1v) is 6.56. The van der Waals surface area contributed by atoms with Crippen LogP contribution < -0.4 is 0 Å². The fraction of sp³-hybridized carbons (Fsp3) is 0.214. The monoisotopic (exact) mass is 260 g/mol.